The molecule has 0 aromatic heterocycles. The van der Waals surface area contributed by atoms with Gasteiger partial charge in [-0.1, -0.05) is 11.6 Å². The number of hydrogen-bond acceptors (Lipinski definition) is 3. The molecule has 0 saturated heterocycles. The van der Waals surface area contributed by atoms with Crippen LogP contribution in [0.4, 0.5) is 15.8 Å². The number of anilines is 2. The van der Waals surface area contributed by atoms with E-state index < -0.39 is 5.82 Å². The number of rotatable bonds is 2. The molecule has 0 aliphatic carbocycles. The molecule has 1 aromatic rings. The van der Waals surface area contributed by atoms with Gasteiger partial charge < -0.3 is 15.4 Å². The SMILES string of the molecule is COCC1CNc2cc(F)c(Cl)cc2N1. The first kappa shape index (κ1) is 10.5. The highest BCUT2D eigenvalue weighted by Crippen LogP contribution is 2.31. The van der Waals surface area contributed by atoms with E-state index in [1.165, 1.54) is 6.07 Å². The fourth-order valence-electron chi connectivity index (χ4n) is 1.62. The number of nitrogens with one attached hydrogen (secondary N) is 2. The Bertz CT molecular complexity index is 373. The lowest BCUT2D eigenvalue weighted by atomic mass is 10.1. The molecule has 0 spiro atoms. The van der Waals surface area contributed by atoms with Gasteiger partial charge in [0.1, 0.15) is 5.82 Å². The molecule has 0 amide bonds. The van der Waals surface area contributed by atoms with Crippen LogP contribution in [-0.4, -0.2) is 26.3 Å². The summed E-state index contributed by atoms with van der Waals surface area (Å²) in [6, 6.07) is 3.17. The normalized spacial score (nSPS) is 19.0. The molecule has 0 radical (unpaired) electrons. The first-order chi connectivity index (χ1) is 7.20. The third-order valence-electron chi connectivity index (χ3n) is 2.33. The summed E-state index contributed by atoms with van der Waals surface area (Å²) < 4.78 is 18.2. The molecule has 0 fully saturated rings. The molecule has 2 N–H and O–H groups in total. The van der Waals surface area contributed by atoms with Crippen molar-refractivity contribution >= 4 is 23.0 Å². The van der Waals surface area contributed by atoms with Gasteiger partial charge >= 0.3 is 0 Å². The highest BCUT2D eigenvalue weighted by molar-refractivity contribution is 6.31. The molecule has 1 unspecified atom stereocenters. The molecule has 1 heterocycles. The standard InChI is InChI=1S/C10H12ClFN2O/c1-15-5-6-4-13-9-3-8(12)7(11)2-10(9)14-6/h2-3,6,13-14H,4-5H2,1H3. The number of halogens is 2. The van der Waals surface area contributed by atoms with Crippen molar-refractivity contribution in [2.75, 3.05) is 30.9 Å². The van der Waals surface area contributed by atoms with E-state index in [4.69, 9.17) is 16.3 Å². The summed E-state index contributed by atoms with van der Waals surface area (Å²) >= 11 is 5.70. The van der Waals surface area contributed by atoms with E-state index in [2.05, 4.69) is 10.6 Å². The fraction of sp³-hybridized carbons (Fsp3) is 0.400. The van der Waals surface area contributed by atoms with Gasteiger partial charge in [0, 0.05) is 19.7 Å². The molecular formula is C10H12ClFN2O. The minimum atomic E-state index is -0.407. The Hall–Kier alpha value is -1.00. The number of hydrogen-bond donors (Lipinski definition) is 2. The topological polar surface area (TPSA) is 33.3 Å². The van der Waals surface area contributed by atoms with E-state index in [1.54, 1.807) is 13.2 Å². The van der Waals surface area contributed by atoms with Crippen molar-refractivity contribution in [2.24, 2.45) is 0 Å². The first-order valence-corrected chi connectivity index (χ1v) is 5.07. The minimum absolute atomic E-state index is 0.126. The van der Waals surface area contributed by atoms with Crippen LogP contribution >= 0.6 is 11.6 Å². The van der Waals surface area contributed by atoms with Crippen molar-refractivity contribution in [3.05, 3.63) is 23.0 Å². The van der Waals surface area contributed by atoms with Crippen molar-refractivity contribution in [1.82, 2.24) is 0 Å². The molecule has 5 heteroatoms. The number of benzene rings is 1. The second-order valence-electron chi connectivity index (χ2n) is 3.49. The highest BCUT2D eigenvalue weighted by atomic mass is 35.5. The second-order valence-corrected chi connectivity index (χ2v) is 3.90. The Kier molecular flexibility index (Phi) is 2.98. The maximum absolute atomic E-state index is 13.1. The quantitative estimate of drug-likeness (QED) is 0.818. The van der Waals surface area contributed by atoms with E-state index in [-0.39, 0.29) is 11.1 Å². The molecule has 1 aromatic carbocycles. The molecule has 0 bridgehead atoms. The highest BCUT2D eigenvalue weighted by Gasteiger charge is 2.18. The zero-order valence-corrected chi connectivity index (χ0v) is 9.07. The maximum Gasteiger partial charge on any atom is 0.143 e. The number of fused-ring (bicyclic) bond motifs is 1. The van der Waals surface area contributed by atoms with Crippen LogP contribution in [-0.2, 0) is 4.74 Å². The van der Waals surface area contributed by atoms with Gasteiger partial charge in [0.25, 0.3) is 0 Å². The Balaban J connectivity index is 2.22. The van der Waals surface area contributed by atoms with E-state index in [0.29, 0.717) is 13.2 Å². The Labute approximate surface area is 92.6 Å². The molecule has 2 rings (SSSR count). The summed E-state index contributed by atoms with van der Waals surface area (Å²) in [7, 11) is 1.65. The fourth-order valence-corrected chi connectivity index (χ4v) is 1.78. The van der Waals surface area contributed by atoms with Crippen LogP contribution in [0.1, 0.15) is 0 Å². The summed E-state index contributed by atoms with van der Waals surface area (Å²) in [5.74, 6) is -0.407. The van der Waals surface area contributed by atoms with Gasteiger partial charge in [0.15, 0.2) is 0 Å². The van der Waals surface area contributed by atoms with Crippen LogP contribution in [0.25, 0.3) is 0 Å². The zero-order valence-electron chi connectivity index (χ0n) is 8.31. The van der Waals surface area contributed by atoms with E-state index in [1.807, 2.05) is 0 Å². The molecule has 3 nitrogen and oxygen atoms in total. The molecule has 15 heavy (non-hydrogen) atoms. The first-order valence-electron chi connectivity index (χ1n) is 4.69. The van der Waals surface area contributed by atoms with E-state index >= 15 is 0 Å². The molecule has 82 valence electrons. The lowest BCUT2D eigenvalue weighted by Gasteiger charge is -2.28. The summed E-state index contributed by atoms with van der Waals surface area (Å²) in [6.45, 7) is 1.31. The Morgan fingerprint density at radius 1 is 1.53 bits per heavy atom. The minimum Gasteiger partial charge on any atom is -0.382 e. The van der Waals surface area contributed by atoms with Crippen LogP contribution in [0.2, 0.25) is 5.02 Å². The van der Waals surface area contributed by atoms with Crippen molar-refractivity contribution in [1.29, 1.82) is 0 Å². The van der Waals surface area contributed by atoms with Crippen molar-refractivity contribution in [3.8, 4) is 0 Å². The van der Waals surface area contributed by atoms with Crippen molar-refractivity contribution in [3.63, 3.8) is 0 Å². The molecule has 1 aliphatic rings. The van der Waals surface area contributed by atoms with Gasteiger partial charge in [-0.3, -0.25) is 0 Å². The van der Waals surface area contributed by atoms with Crippen LogP contribution in [0.15, 0.2) is 12.1 Å². The Morgan fingerprint density at radius 2 is 2.33 bits per heavy atom. The lowest BCUT2D eigenvalue weighted by molar-refractivity contribution is 0.188. The smallest absolute Gasteiger partial charge is 0.143 e. The van der Waals surface area contributed by atoms with Gasteiger partial charge in [-0.15, -0.1) is 0 Å². The summed E-state index contributed by atoms with van der Waals surface area (Å²) in [6.07, 6.45) is 0. The largest absolute Gasteiger partial charge is 0.382 e. The summed E-state index contributed by atoms with van der Waals surface area (Å²) in [5, 5.41) is 6.48. The summed E-state index contributed by atoms with van der Waals surface area (Å²) in [5.41, 5.74) is 1.55. The second kappa shape index (κ2) is 4.24. The van der Waals surface area contributed by atoms with Crippen LogP contribution in [0.5, 0.6) is 0 Å². The third kappa shape index (κ3) is 2.16. The molecule has 1 aliphatic heterocycles. The van der Waals surface area contributed by atoms with Gasteiger partial charge in [0.05, 0.1) is 29.0 Å². The van der Waals surface area contributed by atoms with Gasteiger partial charge in [-0.2, -0.15) is 0 Å². The van der Waals surface area contributed by atoms with Crippen LogP contribution in [0, 0.1) is 5.82 Å². The van der Waals surface area contributed by atoms with Crippen LogP contribution in [0.3, 0.4) is 0 Å². The predicted molar refractivity (Wildman–Crippen MR) is 59.2 cm³/mol. The molecule has 1 atom stereocenters. The van der Waals surface area contributed by atoms with E-state index in [0.717, 1.165) is 11.4 Å². The monoisotopic (exact) mass is 230 g/mol. The van der Waals surface area contributed by atoms with Gasteiger partial charge in [0.2, 0.25) is 0 Å². The van der Waals surface area contributed by atoms with Gasteiger partial charge in [-0.05, 0) is 6.07 Å². The number of methoxy groups -OCH3 is 1. The average Bonchev–Trinajstić information content (AvgIpc) is 2.21. The molecular weight excluding hydrogens is 219 g/mol. The molecule has 0 saturated carbocycles. The Morgan fingerprint density at radius 3 is 3.07 bits per heavy atom. The van der Waals surface area contributed by atoms with Gasteiger partial charge in [-0.25, -0.2) is 4.39 Å². The lowest BCUT2D eigenvalue weighted by Crippen LogP contribution is -2.36. The zero-order chi connectivity index (χ0) is 10.8. The van der Waals surface area contributed by atoms with E-state index in [9.17, 15) is 4.39 Å². The number of ether oxygens (including phenoxy) is 1. The van der Waals surface area contributed by atoms with Crippen molar-refractivity contribution < 1.29 is 9.13 Å². The van der Waals surface area contributed by atoms with Crippen molar-refractivity contribution in [2.45, 2.75) is 6.04 Å². The average molecular weight is 231 g/mol. The third-order valence-corrected chi connectivity index (χ3v) is 2.62. The summed E-state index contributed by atoms with van der Waals surface area (Å²) in [4.78, 5) is 0. The van der Waals surface area contributed by atoms with Crippen LogP contribution < -0.4 is 10.6 Å². The maximum atomic E-state index is 13.1. The predicted octanol–water partition coefficient (Wildman–Crippen LogP) is 2.33.